The van der Waals surface area contributed by atoms with E-state index in [1.807, 2.05) is 26.8 Å². The summed E-state index contributed by atoms with van der Waals surface area (Å²) < 4.78 is 11.4. The molecule has 0 radical (unpaired) electrons. The summed E-state index contributed by atoms with van der Waals surface area (Å²) in [6.45, 7) is 5.68. The summed E-state index contributed by atoms with van der Waals surface area (Å²) in [6, 6.07) is 0. The van der Waals surface area contributed by atoms with Gasteiger partial charge in [0.2, 0.25) is 0 Å². The van der Waals surface area contributed by atoms with E-state index in [9.17, 15) is 4.79 Å². The van der Waals surface area contributed by atoms with E-state index >= 15 is 0 Å². The second-order valence-corrected chi connectivity index (χ2v) is 4.19. The van der Waals surface area contributed by atoms with Crippen LogP contribution >= 0.6 is 0 Å². The number of rotatable bonds is 0. The summed E-state index contributed by atoms with van der Waals surface area (Å²) in [4.78, 5) is 11.1. The molecule has 1 spiro atoms. The molecule has 1 saturated heterocycles. The lowest BCUT2D eigenvalue weighted by Gasteiger charge is -2.23. The molecule has 13 heavy (non-hydrogen) atoms. The summed E-state index contributed by atoms with van der Waals surface area (Å²) in [5.74, 6) is -0.456. The Labute approximate surface area is 77.7 Å². The van der Waals surface area contributed by atoms with Gasteiger partial charge < -0.3 is 9.47 Å². The largest absolute Gasteiger partial charge is 0.344 e. The van der Waals surface area contributed by atoms with Crippen molar-refractivity contribution in [3.63, 3.8) is 0 Å². The second-order valence-electron chi connectivity index (χ2n) is 4.19. The highest BCUT2D eigenvalue weighted by atomic mass is 16.8. The Balaban J connectivity index is 2.26. The van der Waals surface area contributed by atoms with Crippen LogP contribution < -0.4 is 0 Å². The van der Waals surface area contributed by atoms with Crippen molar-refractivity contribution >= 4 is 5.78 Å². The molecule has 1 fully saturated rings. The Kier molecular flexibility index (Phi) is 1.66. The van der Waals surface area contributed by atoms with Crippen LogP contribution in [0.15, 0.2) is 12.2 Å². The summed E-state index contributed by atoms with van der Waals surface area (Å²) in [5, 5.41) is 0. The summed E-state index contributed by atoms with van der Waals surface area (Å²) >= 11 is 0. The van der Waals surface area contributed by atoms with Gasteiger partial charge in [-0.05, 0) is 32.9 Å². The molecule has 0 aromatic heterocycles. The van der Waals surface area contributed by atoms with Crippen molar-refractivity contribution in [1.29, 1.82) is 0 Å². The predicted molar refractivity (Wildman–Crippen MR) is 47.2 cm³/mol. The van der Waals surface area contributed by atoms with Gasteiger partial charge in [0.25, 0.3) is 0 Å². The van der Waals surface area contributed by atoms with Gasteiger partial charge in [0.15, 0.2) is 11.6 Å². The highest BCUT2D eigenvalue weighted by molar-refractivity contribution is 5.93. The lowest BCUT2D eigenvalue weighted by molar-refractivity contribution is -0.155. The van der Waals surface area contributed by atoms with Crippen LogP contribution in [0.3, 0.4) is 0 Å². The van der Waals surface area contributed by atoms with Crippen molar-refractivity contribution in [2.24, 2.45) is 0 Å². The zero-order valence-corrected chi connectivity index (χ0v) is 8.16. The second kappa shape index (κ2) is 2.42. The van der Waals surface area contributed by atoms with Gasteiger partial charge in [-0.2, -0.15) is 0 Å². The predicted octanol–water partition coefficient (Wildman–Crippen LogP) is 1.43. The van der Waals surface area contributed by atoms with Crippen LogP contribution in [-0.2, 0) is 14.3 Å². The Morgan fingerprint density at radius 1 is 1.54 bits per heavy atom. The van der Waals surface area contributed by atoms with E-state index < -0.39 is 11.4 Å². The number of hydrogen-bond acceptors (Lipinski definition) is 3. The molecular formula is C10H14O3. The summed E-state index contributed by atoms with van der Waals surface area (Å²) in [7, 11) is 0. The zero-order chi connectivity index (χ0) is 9.69. The van der Waals surface area contributed by atoms with Crippen LogP contribution in [0.1, 0.15) is 27.2 Å². The first kappa shape index (κ1) is 8.91. The topological polar surface area (TPSA) is 35.5 Å². The van der Waals surface area contributed by atoms with Crippen LogP contribution in [0, 0.1) is 0 Å². The maximum atomic E-state index is 11.1. The summed E-state index contributed by atoms with van der Waals surface area (Å²) in [6.07, 6.45) is 3.78. The molecule has 0 unspecified atom stereocenters. The molecule has 0 aromatic carbocycles. The molecule has 3 nitrogen and oxygen atoms in total. The van der Waals surface area contributed by atoms with Crippen molar-refractivity contribution in [3.8, 4) is 0 Å². The van der Waals surface area contributed by atoms with E-state index in [1.54, 1.807) is 6.08 Å². The van der Waals surface area contributed by atoms with E-state index in [1.165, 1.54) is 0 Å². The molecule has 0 saturated carbocycles. The Morgan fingerprint density at radius 3 is 2.62 bits per heavy atom. The quantitative estimate of drug-likeness (QED) is 0.568. The molecule has 2 aliphatic rings. The van der Waals surface area contributed by atoms with Gasteiger partial charge in [0, 0.05) is 6.42 Å². The SMILES string of the molecule is C[C@@H]1OC(C)(C)O[C@]12C=CC(=O)C2. The third kappa shape index (κ3) is 1.32. The fourth-order valence-electron chi connectivity index (χ4n) is 2.06. The lowest BCUT2D eigenvalue weighted by atomic mass is 9.97. The average molecular weight is 182 g/mol. The standard InChI is InChI=1S/C10H14O3/c1-7-10(5-4-8(11)6-10)13-9(2,3)12-7/h4-5,7H,6H2,1-3H3/t7-,10-/m0/s1. The first-order valence-electron chi connectivity index (χ1n) is 4.54. The maximum Gasteiger partial charge on any atom is 0.164 e. The molecule has 1 heterocycles. The van der Waals surface area contributed by atoms with E-state index in [0.29, 0.717) is 6.42 Å². The minimum absolute atomic E-state index is 0.0507. The Morgan fingerprint density at radius 2 is 2.23 bits per heavy atom. The number of carbonyl (C=O) groups is 1. The van der Waals surface area contributed by atoms with Gasteiger partial charge in [-0.25, -0.2) is 0 Å². The Bertz CT molecular complexity index is 280. The molecule has 2 rings (SSSR count). The zero-order valence-electron chi connectivity index (χ0n) is 8.16. The normalized spacial score (nSPS) is 42.1. The monoisotopic (exact) mass is 182 g/mol. The molecule has 0 amide bonds. The molecular weight excluding hydrogens is 168 g/mol. The molecule has 72 valence electrons. The van der Waals surface area contributed by atoms with Crippen molar-refractivity contribution in [2.45, 2.75) is 44.7 Å². The Hall–Kier alpha value is -0.670. The first-order valence-corrected chi connectivity index (χ1v) is 4.54. The van der Waals surface area contributed by atoms with Crippen LogP contribution in [0.2, 0.25) is 0 Å². The van der Waals surface area contributed by atoms with E-state index in [-0.39, 0.29) is 11.9 Å². The molecule has 1 aliphatic heterocycles. The fourth-order valence-corrected chi connectivity index (χ4v) is 2.06. The molecule has 3 heteroatoms. The minimum Gasteiger partial charge on any atom is -0.344 e. The average Bonchev–Trinajstić information content (AvgIpc) is 2.39. The van der Waals surface area contributed by atoms with Gasteiger partial charge in [0.1, 0.15) is 5.60 Å². The first-order chi connectivity index (χ1) is 5.94. The van der Waals surface area contributed by atoms with Gasteiger partial charge in [-0.15, -0.1) is 0 Å². The lowest BCUT2D eigenvalue weighted by Crippen LogP contribution is -2.35. The molecule has 0 aromatic rings. The van der Waals surface area contributed by atoms with Crippen LogP contribution in [-0.4, -0.2) is 23.3 Å². The maximum absolute atomic E-state index is 11.1. The van der Waals surface area contributed by atoms with Crippen LogP contribution in [0.4, 0.5) is 0 Å². The van der Waals surface area contributed by atoms with Crippen LogP contribution in [0.5, 0.6) is 0 Å². The van der Waals surface area contributed by atoms with Gasteiger partial charge in [-0.3, -0.25) is 4.79 Å². The van der Waals surface area contributed by atoms with Gasteiger partial charge in [-0.1, -0.05) is 0 Å². The van der Waals surface area contributed by atoms with Crippen molar-refractivity contribution in [2.75, 3.05) is 0 Å². The number of allylic oxidation sites excluding steroid dienone is 1. The van der Waals surface area contributed by atoms with Gasteiger partial charge in [0.05, 0.1) is 6.10 Å². The van der Waals surface area contributed by atoms with Crippen molar-refractivity contribution in [3.05, 3.63) is 12.2 Å². The minimum atomic E-state index is -0.575. The highest BCUT2D eigenvalue weighted by Crippen LogP contribution is 2.42. The number of carbonyl (C=O) groups excluding carboxylic acids is 1. The highest BCUT2D eigenvalue weighted by Gasteiger charge is 2.52. The van der Waals surface area contributed by atoms with Crippen LogP contribution in [0.25, 0.3) is 0 Å². The molecule has 0 bridgehead atoms. The summed E-state index contributed by atoms with van der Waals surface area (Å²) in [5.41, 5.74) is -0.499. The van der Waals surface area contributed by atoms with E-state index in [4.69, 9.17) is 9.47 Å². The molecule has 2 atom stereocenters. The van der Waals surface area contributed by atoms with E-state index in [2.05, 4.69) is 0 Å². The number of ketones is 1. The number of ether oxygens (including phenoxy) is 2. The molecule has 0 N–H and O–H groups in total. The van der Waals surface area contributed by atoms with Gasteiger partial charge >= 0.3 is 0 Å². The smallest absolute Gasteiger partial charge is 0.164 e. The third-order valence-electron chi connectivity index (χ3n) is 2.59. The van der Waals surface area contributed by atoms with Crippen molar-refractivity contribution in [1.82, 2.24) is 0 Å². The van der Waals surface area contributed by atoms with E-state index in [0.717, 1.165) is 0 Å². The fraction of sp³-hybridized carbons (Fsp3) is 0.700. The molecule has 1 aliphatic carbocycles. The third-order valence-corrected chi connectivity index (χ3v) is 2.59. The van der Waals surface area contributed by atoms with Crippen molar-refractivity contribution < 1.29 is 14.3 Å². The number of hydrogen-bond donors (Lipinski definition) is 0.